The second-order valence-electron chi connectivity index (χ2n) is 3.52. The summed E-state index contributed by atoms with van der Waals surface area (Å²) in [7, 11) is 0. The third-order valence-corrected chi connectivity index (χ3v) is 2.73. The van der Waals surface area contributed by atoms with E-state index in [0.717, 1.165) is 6.07 Å². The normalized spacial score (nSPS) is 16.9. The molecule has 78 valence electrons. The fourth-order valence-corrected chi connectivity index (χ4v) is 1.77. The number of benzene rings is 1. The maximum Gasteiger partial charge on any atom is 0.235 e. The average molecular weight is 228 g/mol. The molecule has 0 amide bonds. The molecule has 0 spiro atoms. The van der Waals surface area contributed by atoms with Gasteiger partial charge in [-0.15, -0.1) is 0 Å². The van der Waals surface area contributed by atoms with Crippen LogP contribution in [0.2, 0.25) is 5.02 Å². The molecule has 5 heteroatoms. The van der Waals surface area contributed by atoms with E-state index in [9.17, 15) is 14.3 Å². The van der Waals surface area contributed by atoms with Crippen molar-refractivity contribution in [2.45, 2.75) is 18.4 Å². The van der Waals surface area contributed by atoms with E-state index < -0.39 is 17.1 Å². The number of nitrogens with zero attached hydrogens (tertiary/aromatic N) is 1. The van der Waals surface area contributed by atoms with Gasteiger partial charge in [-0.2, -0.15) is 4.99 Å². The number of carbonyl (C=O) groups excluding carboxylic acids is 1. The molecule has 0 unspecified atom stereocenters. The summed E-state index contributed by atoms with van der Waals surface area (Å²) in [5.41, 5.74) is -0.548. The highest BCUT2D eigenvalue weighted by atomic mass is 35.5. The highest BCUT2D eigenvalue weighted by molar-refractivity contribution is 6.30. The fraction of sp³-hybridized carbons (Fsp3) is 0.300. The predicted molar refractivity (Wildman–Crippen MR) is 52.1 cm³/mol. The second-order valence-corrected chi connectivity index (χ2v) is 3.95. The van der Waals surface area contributed by atoms with Crippen LogP contribution in [0.25, 0.3) is 0 Å². The molecule has 1 saturated carbocycles. The number of rotatable bonds is 2. The molecule has 0 aliphatic heterocycles. The average Bonchev–Trinajstić information content (AvgIpc) is 2.93. The van der Waals surface area contributed by atoms with Crippen LogP contribution < -0.4 is 0 Å². The molecule has 0 heterocycles. The Bertz CT molecular complexity index is 465. The lowest BCUT2D eigenvalue weighted by molar-refractivity contribution is 0.419. The van der Waals surface area contributed by atoms with Crippen molar-refractivity contribution in [1.29, 1.82) is 0 Å². The molecular weight excluding hydrogens is 221 g/mol. The van der Waals surface area contributed by atoms with Gasteiger partial charge < -0.3 is 5.11 Å². The molecule has 1 aromatic carbocycles. The van der Waals surface area contributed by atoms with Crippen molar-refractivity contribution in [2.24, 2.45) is 4.99 Å². The minimum absolute atomic E-state index is 0.174. The minimum Gasteiger partial charge on any atom is -0.505 e. The van der Waals surface area contributed by atoms with Crippen LogP contribution >= 0.6 is 11.6 Å². The summed E-state index contributed by atoms with van der Waals surface area (Å²) < 4.78 is 13.2. The lowest BCUT2D eigenvalue weighted by atomic mass is 10.0. The Balaban J connectivity index is 2.57. The zero-order chi connectivity index (χ0) is 11.1. The van der Waals surface area contributed by atoms with Crippen LogP contribution in [0.5, 0.6) is 5.75 Å². The van der Waals surface area contributed by atoms with Gasteiger partial charge in [-0.3, -0.25) is 0 Å². The standard InChI is InChI=1S/C10H7ClFNO2/c11-6-3-7(9(15)8(12)4-6)10(1-2-10)13-5-14/h3-4,15H,1-2H2. The van der Waals surface area contributed by atoms with E-state index in [4.69, 9.17) is 11.6 Å². The SMILES string of the molecule is O=C=NC1(c2cc(Cl)cc(F)c2O)CC1. The van der Waals surface area contributed by atoms with Crippen LogP contribution in [-0.2, 0) is 10.3 Å². The molecule has 15 heavy (non-hydrogen) atoms. The molecule has 0 radical (unpaired) electrons. The first-order chi connectivity index (χ1) is 7.09. The number of isocyanates is 1. The Morgan fingerprint density at radius 2 is 2.20 bits per heavy atom. The predicted octanol–water partition coefficient (Wildman–Crippen LogP) is 2.51. The first-order valence-corrected chi connectivity index (χ1v) is 4.74. The van der Waals surface area contributed by atoms with E-state index in [0.29, 0.717) is 12.8 Å². The Morgan fingerprint density at radius 3 is 2.73 bits per heavy atom. The van der Waals surface area contributed by atoms with Gasteiger partial charge in [0.15, 0.2) is 11.6 Å². The lowest BCUT2D eigenvalue weighted by Crippen LogP contribution is -2.03. The first-order valence-electron chi connectivity index (χ1n) is 4.36. The van der Waals surface area contributed by atoms with E-state index >= 15 is 0 Å². The number of aromatic hydroxyl groups is 1. The summed E-state index contributed by atoms with van der Waals surface area (Å²) in [4.78, 5) is 13.8. The van der Waals surface area contributed by atoms with E-state index in [2.05, 4.69) is 4.99 Å². The number of aliphatic imine (C=N–C) groups is 1. The molecule has 1 N–H and O–H groups in total. The third kappa shape index (κ3) is 1.62. The maximum atomic E-state index is 13.2. The second kappa shape index (κ2) is 3.33. The first kappa shape index (κ1) is 10.1. The van der Waals surface area contributed by atoms with Gasteiger partial charge >= 0.3 is 0 Å². The van der Waals surface area contributed by atoms with Gasteiger partial charge in [0.2, 0.25) is 6.08 Å². The van der Waals surface area contributed by atoms with E-state index in [1.807, 2.05) is 0 Å². The topological polar surface area (TPSA) is 49.7 Å². The van der Waals surface area contributed by atoms with Crippen molar-refractivity contribution < 1.29 is 14.3 Å². The largest absolute Gasteiger partial charge is 0.505 e. The number of phenolic OH excluding ortho intramolecular Hbond substituents is 1. The van der Waals surface area contributed by atoms with Gasteiger partial charge in [-0.25, -0.2) is 9.18 Å². The van der Waals surface area contributed by atoms with Gasteiger partial charge in [0.25, 0.3) is 0 Å². The van der Waals surface area contributed by atoms with Crippen LogP contribution in [0.15, 0.2) is 17.1 Å². The lowest BCUT2D eigenvalue weighted by Gasteiger charge is -2.11. The molecule has 0 saturated heterocycles. The number of phenols is 1. The van der Waals surface area contributed by atoms with Crippen LogP contribution in [-0.4, -0.2) is 11.2 Å². The van der Waals surface area contributed by atoms with Crippen LogP contribution in [0.3, 0.4) is 0 Å². The van der Waals surface area contributed by atoms with Gasteiger partial charge in [-0.05, 0) is 25.0 Å². The molecule has 1 fully saturated rings. The van der Waals surface area contributed by atoms with Crippen molar-refractivity contribution in [3.05, 3.63) is 28.5 Å². The van der Waals surface area contributed by atoms with Crippen molar-refractivity contribution in [3.8, 4) is 5.75 Å². The zero-order valence-corrected chi connectivity index (χ0v) is 8.38. The summed E-state index contributed by atoms with van der Waals surface area (Å²) in [5, 5.41) is 9.67. The maximum absolute atomic E-state index is 13.2. The Morgan fingerprint density at radius 1 is 1.53 bits per heavy atom. The molecule has 1 aliphatic rings. The Kier molecular flexibility index (Phi) is 2.25. The summed E-state index contributed by atoms with van der Waals surface area (Å²) in [6, 6.07) is 2.44. The number of hydrogen-bond acceptors (Lipinski definition) is 3. The molecule has 1 aliphatic carbocycles. The minimum atomic E-state index is -0.808. The van der Waals surface area contributed by atoms with Crippen LogP contribution in [0, 0.1) is 5.82 Å². The van der Waals surface area contributed by atoms with Crippen molar-refractivity contribution in [3.63, 3.8) is 0 Å². The molecule has 0 aromatic heterocycles. The third-order valence-electron chi connectivity index (χ3n) is 2.51. The van der Waals surface area contributed by atoms with E-state index in [1.165, 1.54) is 12.1 Å². The molecule has 2 rings (SSSR count). The zero-order valence-electron chi connectivity index (χ0n) is 7.63. The van der Waals surface area contributed by atoms with Crippen molar-refractivity contribution in [1.82, 2.24) is 0 Å². The fourth-order valence-electron chi connectivity index (χ4n) is 1.57. The Hall–Kier alpha value is -1.38. The molecule has 1 aromatic rings. The van der Waals surface area contributed by atoms with Gasteiger partial charge in [0.05, 0.1) is 0 Å². The molecular formula is C10H7ClFNO2. The number of halogens is 2. The molecule has 0 bridgehead atoms. The van der Waals surface area contributed by atoms with Gasteiger partial charge in [-0.1, -0.05) is 11.6 Å². The van der Waals surface area contributed by atoms with Crippen molar-refractivity contribution in [2.75, 3.05) is 0 Å². The van der Waals surface area contributed by atoms with Crippen molar-refractivity contribution >= 4 is 17.7 Å². The highest BCUT2D eigenvalue weighted by Crippen LogP contribution is 2.53. The summed E-state index contributed by atoms with van der Waals surface area (Å²) >= 11 is 5.66. The molecule has 0 atom stereocenters. The summed E-state index contributed by atoms with van der Waals surface area (Å²) in [6.07, 6.45) is 2.62. The Labute approximate surface area is 90.2 Å². The quantitative estimate of drug-likeness (QED) is 0.623. The molecule has 3 nitrogen and oxygen atoms in total. The van der Waals surface area contributed by atoms with Crippen LogP contribution in [0.1, 0.15) is 18.4 Å². The summed E-state index contributed by atoms with van der Waals surface area (Å²) in [6.45, 7) is 0. The van der Waals surface area contributed by atoms with Gasteiger partial charge in [0.1, 0.15) is 5.54 Å². The van der Waals surface area contributed by atoms with Crippen LogP contribution in [0.4, 0.5) is 4.39 Å². The smallest absolute Gasteiger partial charge is 0.235 e. The highest BCUT2D eigenvalue weighted by Gasteiger charge is 2.47. The monoisotopic (exact) mass is 227 g/mol. The van der Waals surface area contributed by atoms with E-state index in [1.54, 1.807) is 0 Å². The number of hydrogen-bond donors (Lipinski definition) is 1. The summed E-state index contributed by atoms with van der Waals surface area (Å²) in [5.74, 6) is -1.29. The van der Waals surface area contributed by atoms with Gasteiger partial charge in [0, 0.05) is 10.6 Å². The van der Waals surface area contributed by atoms with E-state index in [-0.39, 0.29) is 10.6 Å².